The smallest absolute Gasteiger partial charge is 0.237 e. The minimum Gasteiger partial charge on any atom is -0.494 e. The predicted octanol–water partition coefficient (Wildman–Crippen LogP) is 1.58. The van der Waals surface area contributed by atoms with Crippen LogP contribution in [0.1, 0.15) is 39.2 Å². The molecule has 0 radical (unpaired) electrons. The lowest BCUT2D eigenvalue weighted by molar-refractivity contribution is -0.124. The molecule has 0 heterocycles. The van der Waals surface area contributed by atoms with Crippen molar-refractivity contribution in [1.29, 1.82) is 0 Å². The molecule has 1 amide bonds. The number of carbonyl (C=O) groups is 1. The van der Waals surface area contributed by atoms with Crippen LogP contribution in [0.25, 0.3) is 0 Å². The van der Waals surface area contributed by atoms with Crippen LogP contribution in [-0.4, -0.2) is 29.2 Å². The number of nitrogens with two attached hydrogens (primary N) is 1. The second-order valence-electron chi connectivity index (χ2n) is 5.75. The summed E-state index contributed by atoms with van der Waals surface area (Å²) in [5, 5.41) is 12.3. The fourth-order valence-corrected chi connectivity index (χ4v) is 2.25. The Kier molecular flexibility index (Phi) is 6.65. The number of benzene rings is 1. The molecule has 0 bridgehead atoms. The maximum absolute atomic E-state index is 11.6. The van der Waals surface area contributed by atoms with E-state index in [1.807, 2.05) is 39.0 Å². The number of ether oxygens (including phenoxy) is 1. The van der Waals surface area contributed by atoms with E-state index in [0.717, 1.165) is 11.3 Å². The van der Waals surface area contributed by atoms with Crippen LogP contribution in [0.2, 0.25) is 0 Å². The SMILES string of the molecule is CC(C)NC(C)(CCCOc1cccc(CO)c1)C(N)=O. The summed E-state index contributed by atoms with van der Waals surface area (Å²) in [6.45, 7) is 6.28. The predicted molar refractivity (Wildman–Crippen MR) is 83.0 cm³/mol. The van der Waals surface area contributed by atoms with Crippen LogP contribution in [0.15, 0.2) is 24.3 Å². The summed E-state index contributed by atoms with van der Waals surface area (Å²) < 4.78 is 5.64. The van der Waals surface area contributed by atoms with Gasteiger partial charge in [0, 0.05) is 6.04 Å². The van der Waals surface area contributed by atoms with Crippen LogP contribution in [0, 0.1) is 0 Å². The minimum absolute atomic E-state index is 0.00471. The average Bonchev–Trinajstić information content (AvgIpc) is 2.43. The molecule has 1 aromatic rings. The summed E-state index contributed by atoms with van der Waals surface area (Å²) in [6.07, 6.45) is 1.32. The molecule has 0 saturated carbocycles. The van der Waals surface area contributed by atoms with Crippen molar-refractivity contribution < 1.29 is 14.6 Å². The van der Waals surface area contributed by atoms with E-state index >= 15 is 0 Å². The largest absolute Gasteiger partial charge is 0.494 e. The zero-order valence-electron chi connectivity index (χ0n) is 13.1. The van der Waals surface area contributed by atoms with E-state index in [2.05, 4.69) is 5.32 Å². The quantitative estimate of drug-likeness (QED) is 0.604. The van der Waals surface area contributed by atoms with E-state index in [-0.39, 0.29) is 18.6 Å². The highest BCUT2D eigenvalue weighted by atomic mass is 16.5. The average molecular weight is 294 g/mol. The Bertz CT molecular complexity index is 463. The standard InChI is InChI=1S/C16H26N2O3/c1-12(2)18-16(3,15(17)20)8-5-9-21-14-7-4-6-13(10-14)11-19/h4,6-7,10,12,18-19H,5,8-9,11H2,1-3H3,(H2,17,20). The van der Waals surface area contributed by atoms with E-state index in [4.69, 9.17) is 15.6 Å². The number of rotatable bonds is 9. The lowest BCUT2D eigenvalue weighted by Gasteiger charge is -2.29. The van der Waals surface area contributed by atoms with Crippen LogP contribution in [0.3, 0.4) is 0 Å². The lowest BCUT2D eigenvalue weighted by Crippen LogP contribution is -2.55. The van der Waals surface area contributed by atoms with Gasteiger partial charge in [0.1, 0.15) is 5.75 Å². The molecule has 5 heteroatoms. The first kappa shape index (κ1) is 17.5. The van der Waals surface area contributed by atoms with Crippen molar-refractivity contribution in [3.63, 3.8) is 0 Å². The molecule has 0 aliphatic carbocycles. The van der Waals surface area contributed by atoms with Gasteiger partial charge < -0.3 is 20.9 Å². The van der Waals surface area contributed by atoms with Gasteiger partial charge in [-0.05, 0) is 51.3 Å². The first-order valence-electron chi connectivity index (χ1n) is 7.27. The zero-order chi connectivity index (χ0) is 15.9. The van der Waals surface area contributed by atoms with Crippen molar-refractivity contribution in [2.75, 3.05) is 6.61 Å². The Labute approximate surface area is 126 Å². The molecule has 4 N–H and O–H groups in total. The van der Waals surface area contributed by atoms with Crippen molar-refractivity contribution in [1.82, 2.24) is 5.32 Å². The van der Waals surface area contributed by atoms with Crippen molar-refractivity contribution in [2.24, 2.45) is 5.73 Å². The third kappa shape index (κ3) is 5.73. The Balaban J connectivity index is 2.45. The molecule has 1 rings (SSSR count). The molecule has 1 aromatic carbocycles. The summed E-state index contributed by atoms with van der Waals surface area (Å²) in [4.78, 5) is 11.6. The van der Waals surface area contributed by atoms with Crippen LogP contribution in [0.4, 0.5) is 0 Å². The number of aliphatic hydroxyl groups is 1. The maximum atomic E-state index is 11.6. The molecule has 1 atom stereocenters. The van der Waals surface area contributed by atoms with Gasteiger partial charge in [-0.3, -0.25) is 4.79 Å². The Morgan fingerprint density at radius 3 is 2.76 bits per heavy atom. The van der Waals surface area contributed by atoms with Gasteiger partial charge in [0.05, 0.1) is 18.8 Å². The van der Waals surface area contributed by atoms with E-state index in [1.165, 1.54) is 0 Å². The first-order valence-corrected chi connectivity index (χ1v) is 7.27. The molecule has 118 valence electrons. The van der Waals surface area contributed by atoms with Gasteiger partial charge in [-0.1, -0.05) is 12.1 Å². The number of primary amides is 1. The van der Waals surface area contributed by atoms with Gasteiger partial charge in [0.2, 0.25) is 5.91 Å². The van der Waals surface area contributed by atoms with Crippen molar-refractivity contribution in [3.05, 3.63) is 29.8 Å². The fourth-order valence-electron chi connectivity index (χ4n) is 2.25. The fraction of sp³-hybridized carbons (Fsp3) is 0.562. The number of aliphatic hydroxyl groups excluding tert-OH is 1. The molecule has 0 fully saturated rings. The number of amides is 1. The number of hydrogen-bond donors (Lipinski definition) is 3. The Morgan fingerprint density at radius 2 is 2.19 bits per heavy atom. The third-order valence-electron chi connectivity index (χ3n) is 3.32. The van der Waals surface area contributed by atoms with Gasteiger partial charge in [-0.25, -0.2) is 0 Å². The van der Waals surface area contributed by atoms with Crippen molar-refractivity contribution in [2.45, 2.75) is 51.8 Å². The van der Waals surface area contributed by atoms with Gasteiger partial charge >= 0.3 is 0 Å². The molecule has 0 saturated heterocycles. The topological polar surface area (TPSA) is 84.6 Å². The highest BCUT2D eigenvalue weighted by Gasteiger charge is 2.30. The van der Waals surface area contributed by atoms with Crippen LogP contribution in [0.5, 0.6) is 5.75 Å². The number of carbonyl (C=O) groups excluding carboxylic acids is 1. The minimum atomic E-state index is -0.718. The van der Waals surface area contributed by atoms with E-state index in [9.17, 15) is 4.79 Å². The molecular formula is C16H26N2O3. The highest BCUT2D eigenvalue weighted by molar-refractivity contribution is 5.84. The summed E-state index contributed by atoms with van der Waals surface area (Å²) in [5.41, 5.74) is 5.58. The number of hydrogen-bond acceptors (Lipinski definition) is 4. The molecule has 0 aliphatic heterocycles. The van der Waals surface area contributed by atoms with Crippen molar-refractivity contribution in [3.8, 4) is 5.75 Å². The molecule has 0 spiro atoms. The Morgan fingerprint density at radius 1 is 1.48 bits per heavy atom. The molecule has 21 heavy (non-hydrogen) atoms. The second kappa shape index (κ2) is 8.00. The first-order chi connectivity index (χ1) is 9.87. The van der Waals surface area contributed by atoms with Gasteiger partial charge in [-0.15, -0.1) is 0 Å². The van der Waals surface area contributed by atoms with E-state index < -0.39 is 5.54 Å². The molecule has 0 aliphatic rings. The van der Waals surface area contributed by atoms with Crippen LogP contribution >= 0.6 is 0 Å². The van der Waals surface area contributed by atoms with Crippen molar-refractivity contribution >= 4 is 5.91 Å². The normalized spacial score (nSPS) is 14.0. The van der Waals surface area contributed by atoms with Gasteiger partial charge in [0.15, 0.2) is 0 Å². The van der Waals surface area contributed by atoms with Crippen LogP contribution < -0.4 is 15.8 Å². The molecule has 5 nitrogen and oxygen atoms in total. The molecule has 0 aromatic heterocycles. The lowest BCUT2D eigenvalue weighted by atomic mass is 9.94. The van der Waals surface area contributed by atoms with Crippen LogP contribution in [-0.2, 0) is 11.4 Å². The summed E-state index contributed by atoms with van der Waals surface area (Å²) >= 11 is 0. The van der Waals surface area contributed by atoms with Gasteiger partial charge in [-0.2, -0.15) is 0 Å². The number of nitrogens with one attached hydrogen (secondary N) is 1. The highest BCUT2D eigenvalue weighted by Crippen LogP contribution is 2.16. The summed E-state index contributed by atoms with van der Waals surface area (Å²) in [5.74, 6) is 0.373. The zero-order valence-corrected chi connectivity index (χ0v) is 13.1. The van der Waals surface area contributed by atoms with Gasteiger partial charge in [0.25, 0.3) is 0 Å². The Hall–Kier alpha value is -1.59. The van der Waals surface area contributed by atoms with E-state index in [1.54, 1.807) is 6.07 Å². The molecule has 1 unspecified atom stereocenters. The summed E-state index contributed by atoms with van der Waals surface area (Å²) in [6, 6.07) is 7.51. The maximum Gasteiger partial charge on any atom is 0.237 e. The third-order valence-corrected chi connectivity index (χ3v) is 3.32. The van der Waals surface area contributed by atoms with E-state index in [0.29, 0.717) is 19.4 Å². The molecular weight excluding hydrogens is 268 g/mol. The second-order valence-corrected chi connectivity index (χ2v) is 5.75. The monoisotopic (exact) mass is 294 g/mol. The summed E-state index contributed by atoms with van der Waals surface area (Å²) in [7, 11) is 0.